The van der Waals surface area contributed by atoms with Crippen LogP contribution in [0.25, 0.3) is 22.3 Å². The van der Waals surface area contributed by atoms with Crippen LogP contribution < -0.4 is 10.7 Å². The van der Waals surface area contributed by atoms with E-state index in [0.717, 1.165) is 16.7 Å². The molecular formula is C27H23NO5. The van der Waals surface area contributed by atoms with Crippen molar-refractivity contribution < 1.29 is 18.7 Å². The zero-order valence-corrected chi connectivity index (χ0v) is 18.6. The van der Waals surface area contributed by atoms with Gasteiger partial charge in [-0.05, 0) is 44.0 Å². The Morgan fingerprint density at radius 1 is 0.879 bits per heavy atom. The number of anilines is 1. The van der Waals surface area contributed by atoms with Crippen LogP contribution in [0.3, 0.4) is 0 Å². The van der Waals surface area contributed by atoms with E-state index >= 15 is 0 Å². The number of amides is 1. The lowest BCUT2D eigenvalue weighted by molar-refractivity contribution is -0.119. The van der Waals surface area contributed by atoms with Gasteiger partial charge in [-0.3, -0.25) is 9.59 Å². The van der Waals surface area contributed by atoms with Gasteiger partial charge in [0.1, 0.15) is 11.3 Å². The van der Waals surface area contributed by atoms with Crippen LogP contribution in [0.1, 0.15) is 27.0 Å². The largest absolute Gasteiger partial charge is 0.455 e. The summed E-state index contributed by atoms with van der Waals surface area (Å²) in [6, 6.07) is 19.6. The fraction of sp³-hybridized carbons (Fsp3) is 0.148. The standard InChI is InChI=1S/C27H23NO5/c1-16-9-7-10-17(2)23(16)28-22(29)15-32-27(31)21-14-8-13-20-24(30)18(3)25(33-26(20)21)19-11-5-4-6-12-19/h4-14H,15H2,1-3H3,(H,28,29). The normalized spacial score (nSPS) is 10.8. The first-order valence-electron chi connectivity index (χ1n) is 10.5. The average molecular weight is 441 g/mol. The third kappa shape index (κ3) is 4.41. The third-order valence-electron chi connectivity index (χ3n) is 5.48. The number of nitrogens with one attached hydrogen (secondary N) is 1. The van der Waals surface area contributed by atoms with Crippen molar-refractivity contribution in [2.24, 2.45) is 0 Å². The minimum atomic E-state index is -0.747. The molecule has 0 radical (unpaired) electrons. The molecule has 0 aliphatic rings. The number of para-hydroxylation sites is 2. The number of fused-ring (bicyclic) bond motifs is 1. The summed E-state index contributed by atoms with van der Waals surface area (Å²) in [6.45, 7) is 5.00. The highest BCUT2D eigenvalue weighted by Gasteiger charge is 2.20. The second-order valence-corrected chi connectivity index (χ2v) is 7.82. The number of esters is 1. The number of carbonyl (C=O) groups is 2. The predicted molar refractivity (Wildman–Crippen MR) is 127 cm³/mol. The maximum Gasteiger partial charge on any atom is 0.342 e. The molecule has 1 heterocycles. The highest BCUT2D eigenvalue weighted by atomic mass is 16.5. The lowest BCUT2D eigenvalue weighted by Gasteiger charge is -2.12. The van der Waals surface area contributed by atoms with Crippen LogP contribution in [-0.2, 0) is 9.53 Å². The van der Waals surface area contributed by atoms with Crippen LogP contribution in [0.5, 0.6) is 0 Å². The molecule has 1 amide bonds. The van der Waals surface area contributed by atoms with E-state index in [9.17, 15) is 14.4 Å². The van der Waals surface area contributed by atoms with Crippen LogP contribution in [0.4, 0.5) is 5.69 Å². The van der Waals surface area contributed by atoms with Crippen LogP contribution in [0.15, 0.2) is 75.9 Å². The molecular weight excluding hydrogens is 418 g/mol. The molecule has 1 aromatic heterocycles. The molecule has 6 nitrogen and oxygen atoms in total. The lowest BCUT2D eigenvalue weighted by atomic mass is 10.0. The van der Waals surface area contributed by atoms with Gasteiger partial charge < -0.3 is 14.5 Å². The Morgan fingerprint density at radius 3 is 2.24 bits per heavy atom. The van der Waals surface area contributed by atoms with E-state index < -0.39 is 18.5 Å². The summed E-state index contributed by atoms with van der Waals surface area (Å²) in [6.07, 6.45) is 0. The molecule has 0 atom stereocenters. The summed E-state index contributed by atoms with van der Waals surface area (Å²) in [5.74, 6) is -0.812. The second kappa shape index (κ2) is 9.12. The van der Waals surface area contributed by atoms with Gasteiger partial charge in [0, 0.05) is 16.8 Å². The van der Waals surface area contributed by atoms with E-state index in [1.165, 1.54) is 6.07 Å². The Kier molecular flexibility index (Phi) is 6.09. The van der Waals surface area contributed by atoms with Crippen LogP contribution in [0.2, 0.25) is 0 Å². The lowest BCUT2D eigenvalue weighted by Crippen LogP contribution is -2.22. The molecule has 0 aliphatic carbocycles. The van der Waals surface area contributed by atoms with Crippen molar-refractivity contribution in [1.82, 2.24) is 0 Å². The predicted octanol–water partition coefficient (Wildman–Crippen LogP) is 5.18. The van der Waals surface area contributed by atoms with E-state index in [-0.39, 0.29) is 22.0 Å². The van der Waals surface area contributed by atoms with Gasteiger partial charge in [-0.1, -0.05) is 54.6 Å². The number of benzene rings is 3. The van der Waals surface area contributed by atoms with Crippen molar-refractivity contribution in [3.8, 4) is 11.3 Å². The minimum absolute atomic E-state index is 0.0849. The monoisotopic (exact) mass is 441 g/mol. The van der Waals surface area contributed by atoms with Gasteiger partial charge in [0.15, 0.2) is 17.6 Å². The van der Waals surface area contributed by atoms with Crippen molar-refractivity contribution in [1.29, 1.82) is 0 Å². The fourth-order valence-corrected chi connectivity index (χ4v) is 3.73. The zero-order valence-electron chi connectivity index (χ0n) is 18.6. The fourth-order valence-electron chi connectivity index (χ4n) is 3.73. The number of hydrogen-bond donors (Lipinski definition) is 1. The van der Waals surface area contributed by atoms with Gasteiger partial charge in [-0.2, -0.15) is 0 Å². The smallest absolute Gasteiger partial charge is 0.342 e. The zero-order chi connectivity index (χ0) is 23.5. The Hall–Kier alpha value is -4.19. The molecule has 0 spiro atoms. The van der Waals surface area contributed by atoms with Gasteiger partial charge in [0.05, 0.1) is 5.39 Å². The molecule has 1 N–H and O–H groups in total. The summed E-state index contributed by atoms with van der Waals surface area (Å²) >= 11 is 0. The van der Waals surface area contributed by atoms with E-state index in [4.69, 9.17) is 9.15 Å². The summed E-state index contributed by atoms with van der Waals surface area (Å²) in [5, 5.41) is 3.06. The molecule has 0 fully saturated rings. The van der Waals surface area contributed by atoms with E-state index in [2.05, 4.69) is 5.32 Å². The number of hydrogen-bond acceptors (Lipinski definition) is 5. The number of rotatable bonds is 5. The van der Waals surface area contributed by atoms with Crippen molar-refractivity contribution >= 4 is 28.5 Å². The summed E-state index contributed by atoms with van der Waals surface area (Å²) in [4.78, 5) is 38.2. The van der Waals surface area contributed by atoms with Crippen molar-refractivity contribution in [3.63, 3.8) is 0 Å². The van der Waals surface area contributed by atoms with Gasteiger partial charge >= 0.3 is 5.97 Å². The molecule has 4 aromatic rings. The van der Waals surface area contributed by atoms with E-state index in [1.807, 2.05) is 62.4 Å². The van der Waals surface area contributed by atoms with Gasteiger partial charge in [-0.25, -0.2) is 4.79 Å². The molecule has 4 rings (SSSR count). The Labute approximate surface area is 190 Å². The van der Waals surface area contributed by atoms with Gasteiger partial charge in [-0.15, -0.1) is 0 Å². The van der Waals surface area contributed by atoms with Gasteiger partial charge in [0.2, 0.25) is 0 Å². The first-order valence-corrected chi connectivity index (χ1v) is 10.5. The quantitative estimate of drug-likeness (QED) is 0.431. The number of ether oxygens (including phenoxy) is 1. The highest BCUT2D eigenvalue weighted by molar-refractivity contribution is 6.03. The van der Waals surface area contributed by atoms with Crippen LogP contribution in [0, 0.1) is 20.8 Å². The Bertz CT molecular complexity index is 1400. The summed E-state index contributed by atoms with van der Waals surface area (Å²) in [7, 11) is 0. The third-order valence-corrected chi connectivity index (χ3v) is 5.48. The maximum absolute atomic E-state index is 13.0. The number of carbonyl (C=O) groups excluding carboxylic acids is 2. The molecule has 3 aromatic carbocycles. The first-order chi connectivity index (χ1) is 15.9. The van der Waals surface area contributed by atoms with Crippen molar-refractivity contribution in [3.05, 3.63) is 99.2 Å². The van der Waals surface area contributed by atoms with Gasteiger partial charge in [0.25, 0.3) is 5.91 Å². The molecule has 0 unspecified atom stereocenters. The van der Waals surface area contributed by atoms with Crippen molar-refractivity contribution in [2.45, 2.75) is 20.8 Å². The Morgan fingerprint density at radius 2 is 1.55 bits per heavy atom. The summed E-state index contributed by atoms with van der Waals surface area (Å²) < 4.78 is 11.3. The van der Waals surface area contributed by atoms with Crippen LogP contribution >= 0.6 is 0 Å². The molecule has 0 bridgehead atoms. The minimum Gasteiger partial charge on any atom is -0.455 e. The summed E-state index contributed by atoms with van der Waals surface area (Å²) in [5.41, 5.74) is 3.69. The average Bonchev–Trinajstić information content (AvgIpc) is 2.82. The highest BCUT2D eigenvalue weighted by Crippen LogP contribution is 2.27. The van der Waals surface area contributed by atoms with E-state index in [1.54, 1.807) is 19.1 Å². The SMILES string of the molecule is Cc1cccc(C)c1NC(=O)COC(=O)c1cccc2c(=O)c(C)c(-c3ccccc3)oc12. The first kappa shape index (κ1) is 22.0. The molecule has 6 heteroatoms. The topological polar surface area (TPSA) is 85.6 Å². The second-order valence-electron chi connectivity index (χ2n) is 7.82. The maximum atomic E-state index is 13.0. The molecule has 33 heavy (non-hydrogen) atoms. The van der Waals surface area contributed by atoms with E-state index in [0.29, 0.717) is 17.0 Å². The molecule has 0 saturated carbocycles. The molecule has 0 saturated heterocycles. The van der Waals surface area contributed by atoms with Crippen LogP contribution in [-0.4, -0.2) is 18.5 Å². The van der Waals surface area contributed by atoms with Crippen molar-refractivity contribution in [2.75, 3.05) is 11.9 Å². The molecule has 166 valence electrons. The Balaban J connectivity index is 1.61. The number of aryl methyl sites for hydroxylation is 2. The molecule has 0 aliphatic heterocycles.